The van der Waals surface area contributed by atoms with E-state index in [1.54, 1.807) is 11.9 Å². The average molecular weight is 271 g/mol. The molecule has 1 aliphatic rings. The molecule has 110 valence electrons. The Morgan fingerprint density at radius 1 is 1.37 bits per heavy atom. The predicted molar refractivity (Wildman–Crippen MR) is 73.2 cm³/mol. The van der Waals surface area contributed by atoms with Crippen LogP contribution < -0.4 is 5.32 Å². The molecule has 2 N–H and O–H groups in total. The van der Waals surface area contributed by atoms with E-state index in [0.29, 0.717) is 25.6 Å². The van der Waals surface area contributed by atoms with E-state index in [9.17, 15) is 9.59 Å². The Hall–Kier alpha value is -1.30. The molecule has 1 unspecified atom stereocenters. The third kappa shape index (κ3) is 5.92. The van der Waals surface area contributed by atoms with Crippen molar-refractivity contribution in [1.82, 2.24) is 15.1 Å². The average Bonchev–Trinajstić information content (AvgIpc) is 2.88. The number of rotatable bonds is 7. The zero-order chi connectivity index (χ0) is 14.3. The summed E-state index contributed by atoms with van der Waals surface area (Å²) in [6, 6.07) is 0.232. The highest BCUT2D eigenvalue weighted by Gasteiger charge is 2.18. The minimum atomic E-state index is -0.823. The zero-order valence-corrected chi connectivity index (χ0v) is 11.9. The molecule has 0 aromatic rings. The van der Waals surface area contributed by atoms with Crippen LogP contribution in [-0.4, -0.2) is 66.2 Å². The quantitative estimate of drug-likeness (QED) is 0.724. The second-order valence-corrected chi connectivity index (χ2v) is 5.20. The first-order valence-electron chi connectivity index (χ1n) is 6.95. The summed E-state index contributed by atoms with van der Waals surface area (Å²) in [4.78, 5) is 26.1. The van der Waals surface area contributed by atoms with E-state index in [1.807, 2.05) is 0 Å². The monoisotopic (exact) mass is 271 g/mol. The van der Waals surface area contributed by atoms with Gasteiger partial charge < -0.3 is 15.3 Å². The molecule has 1 heterocycles. The molecule has 1 fully saturated rings. The number of nitrogens with zero attached hydrogens (tertiary/aromatic N) is 2. The SMILES string of the molecule is CC(CNC(=O)N(C)CCCC(=O)O)N1CCCC1. The first-order valence-corrected chi connectivity index (χ1v) is 6.95. The zero-order valence-electron chi connectivity index (χ0n) is 11.9. The molecule has 1 saturated heterocycles. The van der Waals surface area contributed by atoms with Crippen LogP contribution >= 0.6 is 0 Å². The van der Waals surface area contributed by atoms with Gasteiger partial charge in [-0.3, -0.25) is 9.69 Å². The summed E-state index contributed by atoms with van der Waals surface area (Å²) in [6.45, 7) is 5.46. The van der Waals surface area contributed by atoms with E-state index in [1.165, 1.54) is 12.8 Å². The van der Waals surface area contributed by atoms with Gasteiger partial charge >= 0.3 is 12.0 Å². The largest absolute Gasteiger partial charge is 0.481 e. The normalized spacial score (nSPS) is 17.2. The van der Waals surface area contributed by atoms with Crippen molar-refractivity contribution in [2.45, 2.75) is 38.6 Å². The van der Waals surface area contributed by atoms with Crippen LogP contribution in [0, 0.1) is 0 Å². The van der Waals surface area contributed by atoms with Gasteiger partial charge in [0.1, 0.15) is 0 Å². The number of urea groups is 1. The van der Waals surface area contributed by atoms with E-state index >= 15 is 0 Å². The molecule has 0 aliphatic carbocycles. The van der Waals surface area contributed by atoms with Crippen molar-refractivity contribution < 1.29 is 14.7 Å². The molecule has 19 heavy (non-hydrogen) atoms. The molecule has 0 bridgehead atoms. The second-order valence-electron chi connectivity index (χ2n) is 5.20. The Morgan fingerprint density at radius 2 is 2.00 bits per heavy atom. The highest BCUT2D eigenvalue weighted by atomic mass is 16.4. The van der Waals surface area contributed by atoms with E-state index in [-0.39, 0.29) is 12.5 Å². The molecule has 0 aromatic heterocycles. The van der Waals surface area contributed by atoms with Crippen molar-refractivity contribution >= 4 is 12.0 Å². The molecule has 0 aromatic carbocycles. The topological polar surface area (TPSA) is 72.9 Å². The third-order valence-electron chi connectivity index (χ3n) is 3.54. The summed E-state index contributed by atoms with van der Waals surface area (Å²) < 4.78 is 0. The van der Waals surface area contributed by atoms with Gasteiger partial charge in [0.2, 0.25) is 0 Å². The lowest BCUT2D eigenvalue weighted by Gasteiger charge is -2.25. The molecular weight excluding hydrogens is 246 g/mol. The smallest absolute Gasteiger partial charge is 0.317 e. The Balaban J connectivity index is 2.16. The number of likely N-dealkylation sites (tertiary alicyclic amines) is 1. The molecule has 1 atom stereocenters. The first kappa shape index (κ1) is 15.8. The number of carboxylic acid groups (broad SMARTS) is 1. The molecule has 0 saturated carbocycles. The van der Waals surface area contributed by atoms with Crippen LogP contribution in [-0.2, 0) is 4.79 Å². The van der Waals surface area contributed by atoms with Crippen molar-refractivity contribution in [3.63, 3.8) is 0 Å². The van der Waals surface area contributed by atoms with E-state index in [2.05, 4.69) is 17.1 Å². The van der Waals surface area contributed by atoms with Gasteiger partial charge in [0.05, 0.1) is 0 Å². The molecular formula is C13H25N3O3. The van der Waals surface area contributed by atoms with Gasteiger partial charge in [-0.25, -0.2) is 4.79 Å². The Morgan fingerprint density at radius 3 is 2.58 bits per heavy atom. The van der Waals surface area contributed by atoms with Crippen molar-refractivity contribution in [3.05, 3.63) is 0 Å². The fourth-order valence-electron chi connectivity index (χ4n) is 2.25. The number of hydrogen-bond acceptors (Lipinski definition) is 3. The lowest BCUT2D eigenvalue weighted by molar-refractivity contribution is -0.137. The maximum Gasteiger partial charge on any atom is 0.317 e. The maximum absolute atomic E-state index is 11.8. The van der Waals surface area contributed by atoms with Gasteiger partial charge in [-0.05, 0) is 39.3 Å². The number of nitrogens with one attached hydrogen (secondary N) is 1. The number of hydrogen-bond donors (Lipinski definition) is 2. The Labute approximate surface area is 114 Å². The van der Waals surface area contributed by atoms with Crippen LogP contribution in [0.1, 0.15) is 32.6 Å². The highest BCUT2D eigenvalue weighted by molar-refractivity contribution is 5.74. The molecule has 1 rings (SSSR count). The van der Waals surface area contributed by atoms with Crippen LogP contribution in [0.5, 0.6) is 0 Å². The van der Waals surface area contributed by atoms with E-state index in [4.69, 9.17) is 5.11 Å². The summed E-state index contributed by atoms with van der Waals surface area (Å²) >= 11 is 0. The fourth-order valence-corrected chi connectivity index (χ4v) is 2.25. The highest BCUT2D eigenvalue weighted by Crippen LogP contribution is 2.10. The lowest BCUT2D eigenvalue weighted by Crippen LogP contribution is -2.45. The summed E-state index contributed by atoms with van der Waals surface area (Å²) in [5.41, 5.74) is 0. The summed E-state index contributed by atoms with van der Waals surface area (Å²) in [6.07, 6.45) is 3.07. The van der Waals surface area contributed by atoms with Crippen LogP contribution in [0.15, 0.2) is 0 Å². The Bertz CT molecular complexity index is 304. The Kier molecular flexibility index (Phi) is 6.62. The first-order chi connectivity index (χ1) is 9.00. The van der Waals surface area contributed by atoms with Gasteiger partial charge in [0.15, 0.2) is 0 Å². The predicted octanol–water partition coefficient (Wildman–Crippen LogP) is 0.977. The van der Waals surface area contributed by atoms with Gasteiger partial charge in [0, 0.05) is 32.6 Å². The number of carboxylic acids is 1. The molecule has 0 spiro atoms. The molecule has 6 nitrogen and oxygen atoms in total. The summed E-state index contributed by atoms with van der Waals surface area (Å²) in [5, 5.41) is 11.4. The fraction of sp³-hybridized carbons (Fsp3) is 0.846. The van der Waals surface area contributed by atoms with E-state index in [0.717, 1.165) is 13.1 Å². The molecule has 2 amide bonds. The van der Waals surface area contributed by atoms with E-state index < -0.39 is 5.97 Å². The van der Waals surface area contributed by atoms with Crippen molar-refractivity contribution in [3.8, 4) is 0 Å². The lowest BCUT2D eigenvalue weighted by atomic mass is 10.3. The van der Waals surface area contributed by atoms with Crippen LogP contribution in [0.3, 0.4) is 0 Å². The van der Waals surface area contributed by atoms with Crippen molar-refractivity contribution in [2.75, 3.05) is 33.2 Å². The van der Waals surface area contributed by atoms with Crippen LogP contribution in [0.2, 0.25) is 0 Å². The van der Waals surface area contributed by atoms with Crippen molar-refractivity contribution in [2.24, 2.45) is 0 Å². The second kappa shape index (κ2) is 7.99. The minimum absolute atomic E-state index is 0.0990. The number of carbonyl (C=O) groups excluding carboxylic acids is 1. The molecule has 6 heteroatoms. The summed E-state index contributed by atoms with van der Waals surface area (Å²) in [5.74, 6) is -0.823. The number of aliphatic carboxylic acids is 1. The number of amides is 2. The number of carbonyl (C=O) groups is 2. The molecule has 1 aliphatic heterocycles. The van der Waals surface area contributed by atoms with Crippen LogP contribution in [0.4, 0.5) is 4.79 Å². The van der Waals surface area contributed by atoms with Gasteiger partial charge in [-0.2, -0.15) is 0 Å². The molecule has 0 radical (unpaired) electrons. The van der Waals surface area contributed by atoms with Crippen molar-refractivity contribution in [1.29, 1.82) is 0 Å². The standard InChI is InChI=1S/C13H25N3O3/c1-11(16-8-3-4-9-16)10-14-13(19)15(2)7-5-6-12(17)18/h11H,3-10H2,1-2H3,(H,14,19)(H,17,18). The van der Waals surface area contributed by atoms with Crippen LogP contribution in [0.25, 0.3) is 0 Å². The summed E-state index contributed by atoms with van der Waals surface area (Å²) in [7, 11) is 1.69. The van der Waals surface area contributed by atoms with Gasteiger partial charge in [0.25, 0.3) is 0 Å². The third-order valence-corrected chi connectivity index (χ3v) is 3.54. The maximum atomic E-state index is 11.8. The van der Waals surface area contributed by atoms with Gasteiger partial charge in [-0.1, -0.05) is 0 Å². The van der Waals surface area contributed by atoms with Gasteiger partial charge in [-0.15, -0.1) is 0 Å². The minimum Gasteiger partial charge on any atom is -0.481 e.